The molecule has 2 aromatic carbocycles. The second kappa shape index (κ2) is 9.95. The van der Waals surface area contributed by atoms with Gasteiger partial charge in [-0.25, -0.2) is 13.5 Å². The van der Waals surface area contributed by atoms with Gasteiger partial charge in [-0.3, -0.25) is 4.98 Å². The monoisotopic (exact) mass is 534 g/mol. The fourth-order valence-electron chi connectivity index (χ4n) is 4.71. The van der Waals surface area contributed by atoms with Crippen molar-refractivity contribution in [3.05, 3.63) is 82.3 Å². The summed E-state index contributed by atoms with van der Waals surface area (Å²) in [6.45, 7) is 7.01. The smallest absolute Gasteiger partial charge is 0.263 e. The molecular formula is C29H29ClF2N6. The van der Waals surface area contributed by atoms with E-state index < -0.39 is 12.0 Å². The second-order valence-corrected chi connectivity index (χ2v) is 11.6. The molecule has 1 N–H and O–H groups in total. The fourth-order valence-corrected chi connectivity index (χ4v) is 5.00. The van der Waals surface area contributed by atoms with Crippen LogP contribution in [0.15, 0.2) is 54.9 Å². The van der Waals surface area contributed by atoms with Crippen molar-refractivity contribution in [2.24, 2.45) is 5.41 Å². The van der Waals surface area contributed by atoms with Gasteiger partial charge < -0.3 is 5.32 Å². The number of alkyl halides is 2. The van der Waals surface area contributed by atoms with Gasteiger partial charge in [-0.1, -0.05) is 67.9 Å². The zero-order valence-corrected chi connectivity index (χ0v) is 22.3. The first kappa shape index (κ1) is 26.1. The predicted octanol–water partition coefficient (Wildman–Crippen LogP) is 6.94. The Morgan fingerprint density at radius 2 is 1.92 bits per heavy atom. The lowest BCUT2D eigenvalue weighted by molar-refractivity contribution is 0.0593. The zero-order chi connectivity index (χ0) is 27.1. The maximum Gasteiger partial charge on any atom is 0.263 e. The summed E-state index contributed by atoms with van der Waals surface area (Å²) >= 11 is 6.71. The van der Waals surface area contributed by atoms with E-state index in [-0.39, 0.29) is 11.3 Å². The lowest BCUT2D eigenvalue weighted by atomic mass is 9.89. The molecule has 4 aromatic rings. The van der Waals surface area contributed by atoms with Gasteiger partial charge in [-0.2, -0.15) is 5.26 Å². The highest BCUT2D eigenvalue weighted by Crippen LogP contribution is 2.48. The normalized spacial score (nSPS) is 15.4. The van der Waals surface area contributed by atoms with E-state index in [0.29, 0.717) is 53.3 Å². The Morgan fingerprint density at radius 3 is 2.55 bits per heavy atom. The van der Waals surface area contributed by atoms with Gasteiger partial charge in [0, 0.05) is 30.2 Å². The molecule has 5 rings (SSSR count). The molecule has 0 amide bonds. The largest absolute Gasteiger partial charge is 0.383 e. The number of nitrogens with one attached hydrogen (secondary N) is 1. The molecule has 0 saturated heterocycles. The van der Waals surface area contributed by atoms with Crippen molar-refractivity contribution >= 4 is 28.2 Å². The van der Waals surface area contributed by atoms with Gasteiger partial charge in [0.25, 0.3) is 6.43 Å². The molecule has 0 radical (unpaired) electrons. The fraction of sp³-hybridized carbons (Fsp3) is 0.379. The van der Waals surface area contributed by atoms with Crippen molar-refractivity contribution in [3.63, 3.8) is 0 Å². The van der Waals surface area contributed by atoms with Crippen LogP contribution >= 0.6 is 11.6 Å². The Balaban J connectivity index is 1.57. The average Bonchev–Trinajstić information content (AvgIpc) is 3.56. The third-order valence-corrected chi connectivity index (χ3v) is 7.32. The van der Waals surface area contributed by atoms with Crippen LogP contribution < -0.4 is 5.32 Å². The van der Waals surface area contributed by atoms with Crippen molar-refractivity contribution in [1.82, 2.24) is 20.0 Å². The number of hydrogen-bond donors (Lipinski definition) is 1. The number of nitrogens with zero attached hydrogens (tertiary/aromatic N) is 5. The Hall–Kier alpha value is -3.57. The number of rotatable bonds is 8. The maximum absolute atomic E-state index is 13.7. The first-order valence-corrected chi connectivity index (χ1v) is 13.0. The first-order valence-electron chi connectivity index (χ1n) is 12.6. The van der Waals surface area contributed by atoms with E-state index >= 15 is 0 Å². The van der Waals surface area contributed by atoms with Gasteiger partial charge in [0.15, 0.2) is 0 Å². The Labute approximate surface area is 225 Å². The molecule has 0 unspecified atom stereocenters. The molecule has 1 atom stereocenters. The Kier molecular flexibility index (Phi) is 6.83. The molecule has 0 aliphatic heterocycles. The van der Waals surface area contributed by atoms with E-state index in [1.165, 1.54) is 4.68 Å². The van der Waals surface area contributed by atoms with Crippen molar-refractivity contribution in [2.75, 3.05) is 11.9 Å². The molecule has 1 saturated carbocycles. The number of fused-ring (bicyclic) bond motifs is 1. The average molecular weight is 535 g/mol. The van der Waals surface area contributed by atoms with Crippen LogP contribution in [0.1, 0.15) is 61.9 Å². The predicted molar refractivity (Wildman–Crippen MR) is 145 cm³/mol. The van der Waals surface area contributed by atoms with Crippen molar-refractivity contribution in [3.8, 4) is 6.07 Å². The highest BCUT2D eigenvalue weighted by Gasteiger charge is 2.54. The molecule has 2 heterocycles. The van der Waals surface area contributed by atoms with Gasteiger partial charge in [-0.05, 0) is 47.9 Å². The SMILES string of the molecule is CC(C)(C)CNc1c(C#N)cnc2c(Cl)cc(C[C@@H](c3ccccc3)c3cn(C4(C(F)F)CC4)nn3)cc12. The quantitative estimate of drug-likeness (QED) is 0.265. The van der Waals surface area contributed by atoms with Crippen LogP contribution in [0.25, 0.3) is 10.9 Å². The van der Waals surface area contributed by atoms with Gasteiger partial charge in [-0.15, -0.1) is 5.10 Å². The number of anilines is 1. The second-order valence-electron chi connectivity index (χ2n) is 11.2. The Morgan fingerprint density at radius 1 is 1.18 bits per heavy atom. The number of benzene rings is 2. The molecule has 1 aliphatic carbocycles. The first-order chi connectivity index (χ1) is 18.1. The molecule has 1 fully saturated rings. The summed E-state index contributed by atoms with van der Waals surface area (Å²) in [5.74, 6) is -0.231. The molecule has 9 heteroatoms. The molecule has 6 nitrogen and oxygen atoms in total. The lowest BCUT2D eigenvalue weighted by Gasteiger charge is -2.22. The highest BCUT2D eigenvalue weighted by atomic mass is 35.5. The van der Waals surface area contributed by atoms with Gasteiger partial charge >= 0.3 is 0 Å². The number of pyridine rings is 1. The van der Waals surface area contributed by atoms with Gasteiger partial charge in [0.1, 0.15) is 11.6 Å². The Bertz CT molecular complexity index is 1500. The van der Waals surface area contributed by atoms with Crippen molar-refractivity contribution in [2.45, 2.75) is 57.9 Å². The van der Waals surface area contributed by atoms with E-state index in [1.807, 2.05) is 42.5 Å². The number of nitriles is 1. The topological polar surface area (TPSA) is 79.4 Å². The van der Waals surface area contributed by atoms with Crippen LogP contribution in [0.2, 0.25) is 5.02 Å². The summed E-state index contributed by atoms with van der Waals surface area (Å²) in [6, 6.07) is 15.9. The third-order valence-electron chi connectivity index (χ3n) is 7.04. The lowest BCUT2D eigenvalue weighted by Crippen LogP contribution is -2.26. The minimum atomic E-state index is -2.49. The summed E-state index contributed by atoms with van der Waals surface area (Å²) in [5.41, 5.74) is 3.03. The summed E-state index contributed by atoms with van der Waals surface area (Å²) < 4.78 is 28.8. The summed E-state index contributed by atoms with van der Waals surface area (Å²) in [5, 5.41) is 22.9. The van der Waals surface area contributed by atoms with Crippen molar-refractivity contribution < 1.29 is 8.78 Å². The van der Waals surface area contributed by atoms with Crippen LogP contribution in [-0.2, 0) is 12.0 Å². The van der Waals surface area contributed by atoms with Crippen LogP contribution in [-0.4, -0.2) is 32.9 Å². The minimum Gasteiger partial charge on any atom is -0.383 e. The maximum atomic E-state index is 13.7. The molecule has 0 bridgehead atoms. The minimum absolute atomic E-state index is 0.00883. The standard InChI is InChI=1S/C29H29ClF2N6/c1-28(2,3)17-35-25-20(14-33)15-34-26-22(25)12-18(13-23(26)30)11-21(19-7-5-4-6-8-19)24-16-38(37-36-24)29(9-10-29)27(31)32/h4-8,12-13,15-16,21,27H,9-11,17H2,1-3H3,(H,34,35)/t21-/m0/s1. The van der Waals surface area contributed by atoms with E-state index in [2.05, 4.69) is 47.5 Å². The molecule has 2 aromatic heterocycles. The van der Waals surface area contributed by atoms with Crippen LogP contribution in [0.5, 0.6) is 0 Å². The van der Waals surface area contributed by atoms with E-state index in [9.17, 15) is 14.0 Å². The highest BCUT2D eigenvalue weighted by molar-refractivity contribution is 6.35. The summed E-state index contributed by atoms with van der Waals surface area (Å²) in [6.07, 6.45) is 2.00. The molecule has 1 aliphatic rings. The third kappa shape index (κ3) is 5.08. The van der Waals surface area contributed by atoms with Crippen LogP contribution in [0.4, 0.5) is 14.5 Å². The summed E-state index contributed by atoms with van der Waals surface area (Å²) in [4.78, 5) is 4.46. The van der Waals surface area contributed by atoms with Gasteiger partial charge in [0.05, 0.1) is 27.5 Å². The van der Waals surface area contributed by atoms with Crippen LogP contribution in [0, 0.1) is 16.7 Å². The summed E-state index contributed by atoms with van der Waals surface area (Å²) in [7, 11) is 0. The van der Waals surface area contributed by atoms with Crippen LogP contribution in [0.3, 0.4) is 0 Å². The number of hydrogen-bond acceptors (Lipinski definition) is 5. The molecule has 0 spiro atoms. The zero-order valence-electron chi connectivity index (χ0n) is 21.5. The van der Waals surface area contributed by atoms with Gasteiger partial charge in [0.2, 0.25) is 0 Å². The molecular weight excluding hydrogens is 506 g/mol. The van der Waals surface area contributed by atoms with E-state index in [4.69, 9.17) is 11.6 Å². The van der Waals surface area contributed by atoms with E-state index in [0.717, 1.165) is 16.5 Å². The number of aromatic nitrogens is 4. The molecule has 38 heavy (non-hydrogen) atoms. The van der Waals surface area contributed by atoms with E-state index in [1.54, 1.807) is 12.4 Å². The molecule has 196 valence electrons. The number of halogens is 3. The van der Waals surface area contributed by atoms with Crippen molar-refractivity contribution in [1.29, 1.82) is 5.26 Å².